The largest absolute Gasteiger partial charge is 0.494 e. The maximum Gasteiger partial charge on any atom is 0.257 e. The summed E-state index contributed by atoms with van der Waals surface area (Å²) in [5, 5.41) is 5.77. The van der Waals surface area contributed by atoms with Gasteiger partial charge in [-0.2, -0.15) is 0 Å². The molecule has 0 spiro atoms. The van der Waals surface area contributed by atoms with Gasteiger partial charge in [0.15, 0.2) is 11.6 Å². The van der Waals surface area contributed by atoms with Crippen LogP contribution in [0.2, 0.25) is 0 Å². The van der Waals surface area contributed by atoms with Crippen LogP contribution in [0.4, 0.5) is 15.8 Å². The van der Waals surface area contributed by atoms with Crippen LogP contribution in [0.5, 0.6) is 5.75 Å². The summed E-state index contributed by atoms with van der Waals surface area (Å²) in [4.78, 5) is 12.1. The smallest absolute Gasteiger partial charge is 0.257 e. The van der Waals surface area contributed by atoms with Crippen LogP contribution in [0.15, 0.2) is 42.6 Å². The molecule has 0 aliphatic carbocycles. The van der Waals surface area contributed by atoms with Crippen LogP contribution in [0, 0.1) is 12.7 Å². The molecule has 1 amide bonds. The third kappa shape index (κ3) is 2.41. The van der Waals surface area contributed by atoms with Crippen molar-refractivity contribution in [1.29, 1.82) is 0 Å². The molecule has 22 heavy (non-hydrogen) atoms. The maximum atomic E-state index is 13.7. The molecule has 112 valence electrons. The van der Waals surface area contributed by atoms with E-state index in [1.807, 2.05) is 25.1 Å². The van der Waals surface area contributed by atoms with Gasteiger partial charge >= 0.3 is 0 Å². The molecular formula is C17H15FN2O2. The molecular weight excluding hydrogens is 283 g/mol. The summed E-state index contributed by atoms with van der Waals surface area (Å²) in [6.07, 6.45) is 1.59. The molecule has 0 fully saturated rings. The summed E-state index contributed by atoms with van der Waals surface area (Å²) in [5.74, 6) is -0.456. The Morgan fingerprint density at radius 2 is 2.09 bits per heavy atom. The van der Waals surface area contributed by atoms with Gasteiger partial charge in [0.25, 0.3) is 5.91 Å². The van der Waals surface area contributed by atoms with Gasteiger partial charge in [-0.15, -0.1) is 0 Å². The van der Waals surface area contributed by atoms with Crippen LogP contribution < -0.4 is 15.4 Å². The van der Waals surface area contributed by atoms with Crippen molar-refractivity contribution in [3.63, 3.8) is 0 Å². The number of rotatable bonds is 3. The van der Waals surface area contributed by atoms with Crippen LogP contribution in [-0.2, 0) is 4.79 Å². The van der Waals surface area contributed by atoms with Crippen molar-refractivity contribution in [3.05, 3.63) is 59.5 Å². The van der Waals surface area contributed by atoms with Gasteiger partial charge in [0.1, 0.15) is 0 Å². The van der Waals surface area contributed by atoms with Crippen molar-refractivity contribution in [3.8, 4) is 5.75 Å². The number of fused-ring (bicyclic) bond motifs is 1. The van der Waals surface area contributed by atoms with Crippen molar-refractivity contribution in [2.45, 2.75) is 6.92 Å². The van der Waals surface area contributed by atoms with Gasteiger partial charge in [-0.1, -0.05) is 12.1 Å². The number of amides is 1. The second kappa shape index (κ2) is 5.52. The van der Waals surface area contributed by atoms with Crippen LogP contribution in [0.25, 0.3) is 5.57 Å². The second-order valence-corrected chi connectivity index (χ2v) is 5.00. The van der Waals surface area contributed by atoms with Crippen LogP contribution in [-0.4, -0.2) is 13.0 Å². The molecule has 0 radical (unpaired) electrons. The molecule has 0 atom stereocenters. The molecule has 2 N–H and O–H groups in total. The Hall–Kier alpha value is -2.82. The van der Waals surface area contributed by atoms with Gasteiger partial charge in [-0.25, -0.2) is 4.39 Å². The Morgan fingerprint density at radius 1 is 1.27 bits per heavy atom. The highest BCUT2D eigenvalue weighted by atomic mass is 19.1. The van der Waals surface area contributed by atoms with Gasteiger partial charge in [-0.05, 0) is 30.7 Å². The Balaban J connectivity index is 1.91. The highest BCUT2D eigenvalue weighted by molar-refractivity contribution is 6.32. The van der Waals surface area contributed by atoms with Crippen molar-refractivity contribution in [2.24, 2.45) is 0 Å². The predicted octanol–water partition coefficient (Wildman–Crippen LogP) is 3.55. The van der Waals surface area contributed by atoms with E-state index >= 15 is 0 Å². The lowest BCUT2D eigenvalue weighted by molar-refractivity contribution is -0.110. The number of anilines is 2. The van der Waals surface area contributed by atoms with Gasteiger partial charge in [-0.3, -0.25) is 4.79 Å². The van der Waals surface area contributed by atoms with Crippen molar-refractivity contribution >= 4 is 22.9 Å². The minimum absolute atomic E-state index is 0.175. The minimum atomic E-state index is -0.460. The van der Waals surface area contributed by atoms with Gasteiger partial charge < -0.3 is 15.4 Å². The molecule has 5 heteroatoms. The first-order chi connectivity index (χ1) is 10.6. The molecule has 1 aliphatic heterocycles. The number of hydrogen-bond donors (Lipinski definition) is 2. The van der Waals surface area contributed by atoms with Crippen molar-refractivity contribution in [1.82, 2.24) is 0 Å². The van der Waals surface area contributed by atoms with E-state index in [4.69, 9.17) is 4.74 Å². The summed E-state index contributed by atoms with van der Waals surface area (Å²) in [6, 6.07) is 10.2. The molecule has 4 nitrogen and oxygen atoms in total. The molecule has 2 aromatic rings. The topological polar surface area (TPSA) is 50.4 Å². The molecule has 1 heterocycles. The van der Waals surface area contributed by atoms with E-state index in [0.29, 0.717) is 11.3 Å². The quantitative estimate of drug-likeness (QED) is 0.852. The monoisotopic (exact) mass is 298 g/mol. The fraction of sp³-hybridized carbons (Fsp3) is 0.118. The highest BCUT2D eigenvalue weighted by Gasteiger charge is 2.25. The Kier molecular flexibility index (Phi) is 3.55. The average Bonchev–Trinajstić information content (AvgIpc) is 2.82. The Labute approximate surface area is 127 Å². The molecule has 0 unspecified atom stereocenters. The zero-order valence-electron chi connectivity index (χ0n) is 12.2. The number of hydrogen-bond acceptors (Lipinski definition) is 3. The van der Waals surface area contributed by atoms with Crippen LogP contribution in [0.1, 0.15) is 11.1 Å². The Bertz CT molecular complexity index is 784. The standard InChI is InChI=1S/C17H15FN2O2/c1-10-4-3-5-14-16(10)12(17(21)20-14)9-19-11-6-7-15(22-2)13(18)8-11/h3-9,19H,1-2H3,(H,20,21). The SMILES string of the molecule is COc1ccc(NC=C2C(=O)Nc3cccc(C)c32)cc1F. The summed E-state index contributed by atoms with van der Waals surface area (Å²) in [5.41, 5.74) is 3.74. The molecule has 0 aromatic heterocycles. The first-order valence-corrected chi connectivity index (χ1v) is 6.81. The summed E-state index contributed by atoms with van der Waals surface area (Å²) < 4.78 is 18.5. The van der Waals surface area contributed by atoms with E-state index in [2.05, 4.69) is 10.6 Å². The molecule has 0 saturated carbocycles. The number of aryl methyl sites for hydroxylation is 1. The number of benzene rings is 2. The summed E-state index contributed by atoms with van der Waals surface area (Å²) in [6.45, 7) is 1.94. The molecule has 0 bridgehead atoms. The fourth-order valence-electron chi connectivity index (χ4n) is 2.48. The van der Waals surface area contributed by atoms with E-state index in [1.54, 1.807) is 12.3 Å². The lowest BCUT2D eigenvalue weighted by Gasteiger charge is -2.06. The van der Waals surface area contributed by atoms with Crippen LogP contribution in [0.3, 0.4) is 0 Å². The third-order valence-corrected chi connectivity index (χ3v) is 3.57. The van der Waals surface area contributed by atoms with Gasteiger partial charge in [0.2, 0.25) is 0 Å². The number of carbonyl (C=O) groups excluding carboxylic acids is 1. The molecule has 2 aromatic carbocycles. The second-order valence-electron chi connectivity index (χ2n) is 5.00. The zero-order valence-corrected chi connectivity index (χ0v) is 12.2. The van der Waals surface area contributed by atoms with Crippen molar-refractivity contribution < 1.29 is 13.9 Å². The first kappa shape index (κ1) is 14.1. The maximum absolute atomic E-state index is 13.7. The lowest BCUT2D eigenvalue weighted by atomic mass is 10.0. The molecule has 0 saturated heterocycles. The van der Waals surface area contributed by atoms with Gasteiger partial charge in [0.05, 0.1) is 12.7 Å². The first-order valence-electron chi connectivity index (χ1n) is 6.81. The van der Waals surface area contributed by atoms with E-state index in [1.165, 1.54) is 19.2 Å². The van der Waals surface area contributed by atoms with Gasteiger partial charge in [0, 0.05) is 29.2 Å². The predicted molar refractivity (Wildman–Crippen MR) is 84.4 cm³/mol. The van der Waals surface area contributed by atoms with Crippen molar-refractivity contribution in [2.75, 3.05) is 17.7 Å². The molecule has 3 rings (SSSR count). The van der Waals surface area contributed by atoms with E-state index in [0.717, 1.165) is 16.8 Å². The van der Waals surface area contributed by atoms with E-state index < -0.39 is 5.82 Å². The molecule has 1 aliphatic rings. The number of halogens is 1. The summed E-state index contributed by atoms with van der Waals surface area (Å²) >= 11 is 0. The number of methoxy groups -OCH3 is 1. The Morgan fingerprint density at radius 3 is 2.82 bits per heavy atom. The number of nitrogens with one attached hydrogen (secondary N) is 2. The minimum Gasteiger partial charge on any atom is -0.494 e. The van der Waals surface area contributed by atoms with E-state index in [-0.39, 0.29) is 11.7 Å². The third-order valence-electron chi connectivity index (χ3n) is 3.57. The fourth-order valence-corrected chi connectivity index (χ4v) is 2.48. The lowest BCUT2D eigenvalue weighted by Crippen LogP contribution is -2.05. The van der Waals surface area contributed by atoms with Crippen LogP contribution >= 0.6 is 0 Å². The average molecular weight is 298 g/mol. The zero-order chi connectivity index (χ0) is 15.7. The number of ether oxygens (including phenoxy) is 1. The number of carbonyl (C=O) groups is 1. The normalized spacial score (nSPS) is 14.7. The van der Waals surface area contributed by atoms with E-state index in [9.17, 15) is 9.18 Å². The summed E-state index contributed by atoms with van der Waals surface area (Å²) in [7, 11) is 1.41. The highest BCUT2D eigenvalue weighted by Crippen LogP contribution is 2.34.